The van der Waals surface area contributed by atoms with Crippen LogP contribution in [0.4, 0.5) is 0 Å². The van der Waals surface area contributed by atoms with Gasteiger partial charge < -0.3 is 15.2 Å². The highest BCUT2D eigenvalue weighted by molar-refractivity contribution is 4.81. The quantitative estimate of drug-likeness (QED) is 0.621. The van der Waals surface area contributed by atoms with Gasteiger partial charge in [-0.25, -0.2) is 0 Å². The maximum Gasteiger partial charge on any atom is 0.0698 e. The van der Waals surface area contributed by atoms with Crippen LogP contribution in [0.1, 0.15) is 32.6 Å². The number of aliphatic hydroxyl groups excluding tert-OH is 1. The highest BCUT2D eigenvalue weighted by Gasteiger charge is 2.23. The summed E-state index contributed by atoms with van der Waals surface area (Å²) in [6, 6.07) is 1.44. The van der Waals surface area contributed by atoms with Crippen molar-refractivity contribution in [2.24, 2.45) is 0 Å². The lowest BCUT2D eigenvalue weighted by molar-refractivity contribution is 0.0569. The molecule has 0 radical (unpaired) electrons. The first-order valence-electron chi connectivity index (χ1n) is 6.91. The van der Waals surface area contributed by atoms with Crippen LogP contribution in [0.2, 0.25) is 0 Å². The predicted molar refractivity (Wildman–Crippen MR) is 70.3 cm³/mol. The average Bonchev–Trinajstić information content (AvgIpc) is 2.39. The van der Waals surface area contributed by atoms with Gasteiger partial charge >= 0.3 is 0 Å². The minimum atomic E-state index is 0.124. The van der Waals surface area contributed by atoms with E-state index in [2.05, 4.69) is 24.2 Å². The third-order valence-electron chi connectivity index (χ3n) is 3.79. The predicted octanol–water partition coefficient (Wildman–Crippen LogP) is 0.848. The first-order chi connectivity index (χ1) is 8.31. The third kappa shape index (κ3) is 5.34. The van der Waals surface area contributed by atoms with Gasteiger partial charge in [-0.1, -0.05) is 6.92 Å². The second-order valence-corrected chi connectivity index (χ2v) is 4.76. The molecule has 0 aliphatic heterocycles. The van der Waals surface area contributed by atoms with E-state index in [-0.39, 0.29) is 6.61 Å². The molecular weight excluding hydrogens is 216 g/mol. The maximum atomic E-state index is 8.65. The molecule has 0 aromatic heterocycles. The van der Waals surface area contributed by atoms with Crippen LogP contribution < -0.4 is 5.32 Å². The Morgan fingerprint density at radius 2 is 1.94 bits per heavy atom. The van der Waals surface area contributed by atoms with Gasteiger partial charge in [-0.05, 0) is 39.3 Å². The highest BCUT2D eigenvalue weighted by Crippen LogP contribution is 2.22. The first-order valence-corrected chi connectivity index (χ1v) is 6.91. The third-order valence-corrected chi connectivity index (χ3v) is 3.79. The molecule has 4 heteroatoms. The minimum Gasteiger partial charge on any atom is -0.394 e. The molecule has 0 spiro atoms. The van der Waals surface area contributed by atoms with Crippen molar-refractivity contribution in [3.63, 3.8) is 0 Å². The van der Waals surface area contributed by atoms with Crippen LogP contribution in [0.15, 0.2) is 0 Å². The molecule has 0 heterocycles. The van der Waals surface area contributed by atoms with E-state index in [9.17, 15) is 0 Å². The molecule has 1 aliphatic rings. The lowest BCUT2D eigenvalue weighted by atomic mass is 9.90. The van der Waals surface area contributed by atoms with E-state index >= 15 is 0 Å². The molecule has 0 aromatic carbocycles. The fraction of sp³-hybridized carbons (Fsp3) is 1.00. The van der Waals surface area contributed by atoms with Crippen LogP contribution in [-0.4, -0.2) is 62.0 Å². The number of nitrogens with one attached hydrogen (secondary N) is 1. The van der Waals surface area contributed by atoms with Crippen LogP contribution >= 0.6 is 0 Å². The van der Waals surface area contributed by atoms with Crippen molar-refractivity contribution in [2.45, 2.75) is 44.7 Å². The number of aliphatic hydroxyl groups is 1. The Balaban J connectivity index is 2.21. The zero-order chi connectivity index (χ0) is 12.5. The molecule has 0 unspecified atom stereocenters. The van der Waals surface area contributed by atoms with Gasteiger partial charge in [0.05, 0.1) is 19.8 Å². The normalized spacial score (nSPS) is 25.4. The van der Waals surface area contributed by atoms with Crippen molar-refractivity contribution in [3.8, 4) is 0 Å². The Morgan fingerprint density at radius 1 is 1.24 bits per heavy atom. The van der Waals surface area contributed by atoms with Crippen LogP contribution in [0, 0.1) is 0 Å². The lowest BCUT2D eigenvalue weighted by Crippen LogP contribution is -2.43. The number of rotatable bonds is 8. The zero-order valence-corrected chi connectivity index (χ0v) is 11.3. The topological polar surface area (TPSA) is 44.7 Å². The van der Waals surface area contributed by atoms with Crippen molar-refractivity contribution in [3.05, 3.63) is 0 Å². The number of ether oxygens (including phenoxy) is 1. The van der Waals surface area contributed by atoms with Gasteiger partial charge in [0.25, 0.3) is 0 Å². The van der Waals surface area contributed by atoms with Gasteiger partial charge in [0.15, 0.2) is 0 Å². The second kappa shape index (κ2) is 8.86. The highest BCUT2D eigenvalue weighted by atomic mass is 16.5. The van der Waals surface area contributed by atoms with E-state index in [1.807, 2.05) is 0 Å². The molecule has 0 aromatic rings. The van der Waals surface area contributed by atoms with Crippen molar-refractivity contribution in [1.29, 1.82) is 0 Å². The van der Waals surface area contributed by atoms with Crippen LogP contribution in [0.25, 0.3) is 0 Å². The average molecular weight is 244 g/mol. The maximum absolute atomic E-state index is 8.65. The monoisotopic (exact) mass is 244 g/mol. The molecule has 1 aliphatic carbocycles. The van der Waals surface area contributed by atoms with E-state index < -0.39 is 0 Å². The van der Waals surface area contributed by atoms with Crippen LogP contribution in [0.3, 0.4) is 0 Å². The molecule has 4 nitrogen and oxygen atoms in total. The lowest BCUT2D eigenvalue weighted by Gasteiger charge is -2.36. The summed E-state index contributed by atoms with van der Waals surface area (Å²) in [4.78, 5) is 2.52. The molecule has 0 saturated heterocycles. The van der Waals surface area contributed by atoms with Crippen molar-refractivity contribution in [2.75, 3.05) is 40.0 Å². The molecule has 1 rings (SSSR count). The van der Waals surface area contributed by atoms with Gasteiger partial charge in [-0.2, -0.15) is 0 Å². The van der Waals surface area contributed by atoms with E-state index in [0.717, 1.165) is 31.8 Å². The summed E-state index contributed by atoms with van der Waals surface area (Å²) < 4.78 is 5.34. The smallest absolute Gasteiger partial charge is 0.0698 e. The van der Waals surface area contributed by atoms with Gasteiger partial charge in [-0.3, -0.25) is 4.90 Å². The van der Waals surface area contributed by atoms with Gasteiger partial charge in [0.1, 0.15) is 0 Å². The SMILES string of the molecule is CCN(CCOCCO)C1CCC(NC)CC1. The molecule has 17 heavy (non-hydrogen) atoms. The standard InChI is InChI=1S/C13H28N2O2/c1-3-15(8-10-17-11-9-16)13-6-4-12(14-2)5-7-13/h12-14,16H,3-11H2,1-2H3. The summed E-state index contributed by atoms with van der Waals surface area (Å²) in [5, 5.41) is 12.0. The van der Waals surface area contributed by atoms with E-state index in [1.54, 1.807) is 0 Å². The molecule has 102 valence electrons. The summed E-state index contributed by atoms with van der Waals surface area (Å²) >= 11 is 0. The minimum absolute atomic E-state index is 0.124. The Hall–Kier alpha value is -0.160. The van der Waals surface area contributed by atoms with Gasteiger partial charge in [0, 0.05) is 18.6 Å². The van der Waals surface area contributed by atoms with Gasteiger partial charge in [0.2, 0.25) is 0 Å². The fourth-order valence-electron chi connectivity index (χ4n) is 2.68. The van der Waals surface area contributed by atoms with E-state index in [1.165, 1.54) is 25.7 Å². The first kappa shape index (κ1) is 14.9. The summed E-state index contributed by atoms with van der Waals surface area (Å²) in [6.07, 6.45) is 5.16. The summed E-state index contributed by atoms with van der Waals surface area (Å²) in [6.45, 7) is 5.63. The van der Waals surface area contributed by atoms with Crippen molar-refractivity contribution >= 4 is 0 Å². The Kier molecular flexibility index (Phi) is 7.77. The largest absolute Gasteiger partial charge is 0.394 e. The molecule has 0 atom stereocenters. The zero-order valence-electron chi connectivity index (χ0n) is 11.3. The van der Waals surface area contributed by atoms with Crippen molar-refractivity contribution < 1.29 is 9.84 Å². The summed E-state index contributed by atoms with van der Waals surface area (Å²) in [5.41, 5.74) is 0. The van der Waals surface area contributed by atoms with E-state index in [4.69, 9.17) is 9.84 Å². The van der Waals surface area contributed by atoms with Crippen LogP contribution in [-0.2, 0) is 4.74 Å². The summed E-state index contributed by atoms with van der Waals surface area (Å²) in [5.74, 6) is 0. The molecule has 0 bridgehead atoms. The number of hydrogen-bond donors (Lipinski definition) is 2. The number of hydrogen-bond acceptors (Lipinski definition) is 4. The number of nitrogens with zero attached hydrogens (tertiary/aromatic N) is 1. The molecular formula is C13H28N2O2. The van der Waals surface area contributed by atoms with E-state index in [0.29, 0.717) is 6.61 Å². The molecule has 2 N–H and O–H groups in total. The van der Waals surface area contributed by atoms with Crippen molar-refractivity contribution in [1.82, 2.24) is 10.2 Å². The van der Waals surface area contributed by atoms with Gasteiger partial charge in [-0.15, -0.1) is 0 Å². The Bertz CT molecular complexity index is 182. The Morgan fingerprint density at radius 3 is 2.47 bits per heavy atom. The summed E-state index contributed by atoms with van der Waals surface area (Å²) in [7, 11) is 2.06. The Labute approximate surface area is 105 Å². The fourth-order valence-corrected chi connectivity index (χ4v) is 2.68. The molecule has 1 fully saturated rings. The second-order valence-electron chi connectivity index (χ2n) is 4.76. The molecule has 1 saturated carbocycles. The number of likely N-dealkylation sites (N-methyl/N-ethyl adjacent to an activating group) is 1. The van der Waals surface area contributed by atoms with Crippen LogP contribution in [0.5, 0.6) is 0 Å². The molecule has 0 amide bonds.